The summed E-state index contributed by atoms with van der Waals surface area (Å²) in [7, 11) is 0. The summed E-state index contributed by atoms with van der Waals surface area (Å²) in [5.41, 5.74) is 12.8. The Hall–Kier alpha value is -2.46. The Morgan fingerprint density at radius 1 is 1.24 bits per heavy atom. The van der Waals surface area contributed by atoms with Gasteiger partial charge < -0.3 is 16.8 Å². The van der Waals surface area contributed by atoms with Crippen LogP contribution in [-0.2, 0) is 0 Å². The van der Waals surface area contributed by atoms with Crippen LogP contribution in [-0.4, -0.2) is 27.0 Å². The molecule has 3 rings (SSSR count). The molecule has 108 valence electrons. The molecule has 0 spiro atoms. The van der Waals surface area contributed by atoms with Gasteiger partial charge in [0, 0.05) is 24.5 Å². The number of pyridine rings is 1. The van der Waals surface area contributed by atoms with Crippen LogP contribution in [0.4, 0.5) is 11.8 Å². The molecular formula is C14H17N7. The summed E-state index contributed by atoms with van der Waals surface area (Å²) in [5, 5.41) is 13.0. The number of hydrogen-bond acceptors (Lipinski definition) is 7. The third-order valence-electron chi connectivity index (χ3n) is 3.91. The van der Waals surface area contributed by atoms with Gasteiger partial charge in [-0.2, -0.15) is 5.26 Å². The van der Waals surface area contributed by atoms with Crippen molar-refractivity contribution in [2.45, 2.75) is 37.8 Å². The van der Waals surface area contributed by atoms with Gasteiger partial charge in [0.2, 0.25) is 5.95 Å². The second kappa shape index (κ2) is 5.50. The molecule has 1 aliphatic rings. The van der Waals surface area contributed by atoms with Gasteiger partial charge in [-0.3, -0.25) is 0 Å². The molecule has 2 atom stereocenters. The highest BCUT2D eigenvalue weighted by Gasteiger charge is 2.22. The number of anilines is 2. The Morgan fingerprint density at radius 3 is 2.81 bits per heavy atom. The summed E-state index contributed by atoms with van der Waals surface area (Å²) in [6, 6.07) is 2.35. The molecule has 2 aromatic heterocycles. The fraction of sp³-hybridized carbons (Fsp3) is 0.429. The van der Waals surface area contributed by atoms with Crippen molar-refractivity contribution >= 4 is 22.7 Å². The van der Waals surface area contributed by atoms with Crippen molar-refractivity contribution in [1.82, 2.24) is 15.0 Å². The van der Waals surface area contributed by atoms with Crippen LogP contribution in [0.3, 0.4) is 0 Å². The molecule has 7 heteroatoms. The smallest absolute Gasteiger partial charge is 0.223 e. The molecular weight excluding hydrogens is 266 g/mol. The lowest BCUT2D eigenvalue weighted by Crippen LogP contribution is -2.42. The Morgan fingerprint density at radius 2 is 2.05 bits per heavy atom. The number of rotatable bonds is 2. The Labute approximate surface area is 122 Å². The first-order valence-corrected chi connectivity index (χ1v) is 7.02. The van der Waals surface area contributed by atoms with Gasteiger partial charge in [-0.1, -0.05) is 12.8 Å². The van der Waals surface area contributed by atoms with Crippen LogP contribution < -0.4 is 16.8 Å². The van der Waals surface area contributed by atoms with Gasteiger partial charge in [-0.15, -0.1) is 0 Å². The molecule has 0 aromatic carbocycles. The van der Waals surface area contributed by atoms with Crippen molar-refractivity contribution in [3.8, 4) is 6.07 Å². The minimum atomic E-state index is 0.107. The summed E-state index contributed by atoms with van der Waals surface area (Å²) < 4.78 is 0. The van der Waals surface area contributed by atoms with E-state index < -0.39 is 0 Å². The second-order valence-corrected chi connectivity index (χ2v) is 5.32. The lowest BCUT2D eigenvalue weighted by molar-refractivity contribution is 0.402. The van der Waals surface area contributed by atoms with E-state index in [9.17, 15) is 0 Å². The Bertz CT molecular complexity index is 706. The fourth-order valence-corrected chi connectivity index (χ4v) is 2.70. The lowest BCUT2D eigenvalue weighted by atomic mass is 9.91. The van der Waals surface area contributed by atoms with Crippen LogP contribution in [0, 0.1) is 11.3 Å². The second-order valence-electron chi connectivity index (χ2n) is 5.32. The van der Waals surface area contributed by atoms with Crippen LogP contribution >= 0.6 is 0 Å². The fourth-order valence-electron chi connectivity index (χ4n) is 2.70. The molecule has 0 unspecified atom stereocenters. The largest absolute Gasteiger partial charge is 0.383 e. The molecule has 2 heterocycles. The topological polar surface area (TPSA) is 127 Å². The zero-order valence-corrected chi connectivity index (χ0v) is 11.6. The number of nitrogens with two attached hydrogens (primary N) is 2. The van der Waals surface area contributed by atoms with Crippen LogP contribution in [0.25, 0.3) is 10.9 Å². The van der Waals surface area contributed by atoms with Gasteiger partial charge in [0.25, 0.3) is 0 Å². The number of fused-ring (bicyclic) bond motifs is 1. The minimum Gasteiger partial charge on any atom is -0.383 e. The van der Waals surface area contributed by atoms with E-state index in [4.69, 9.17) is 16.7 Å². The lowest BCUT2D eigenvalue weighted by Gasteiger charge is -2.29. The molecule has 0 saturated heterocycles. The molecule has 0 bridgehead atoms. The Kier molecular flexibility index (Phi) is 3.54. The number of nitrogens with zero attached hydrogens (tertiary/aromatic N) is 4. The SMILES string of the molecule is N#Cc1cnc(N)c2cnc(N[C@@H]3CCCC[C@@H]3N)nc12. The highest BCUT2D eigenvalue weighted by Crippen LogP contribution is 2.23. The molecule has 1 aliphatic carbocycles. The average molecular weight is 283 g/mol. The third kappa shape index (κ3) is 2.58. The monoisotopic (exact) mass is 283 g/mol. The van der Waals surface area contributed by atoms with Gasteiger partial charge >= 0.3 is 0 Å². The molecule has 1 fully saturated rings. The van der Waals surface area contributed by atoms with E-state index in [0.29, 0.717) is 28.2 Å². The first kappa shape index (κ1) is 13.5. The molecule has 21 heavy (non-hydrogen) atoms. The van der Waals surface area contributed by atoms with Crippen molar-refractivity contribution in [2.75, 3.05) is 11.1 Å². The van der Waals surface area contributed by atoms with Crippen molar-refractivity contribution in [3.63, 3.8) is 0 Å². The maximum absolute atomic E-state index is 9.15. The van der Waals surface area contributed by atoms with E-state index >= 15 is 0 Å². The summed E-state index contributed by atoms with van der Waals surface area (Å²) >= 11 is 0. The zero-order chi connectivity index (χ0) is 14.8. The summed E-state index contributed by atoms with van der Waals surface area (Å²) in [4.78, 5) is 12.6. The van der Waals surface area contributed by atoms with Crippen LogP contribution in [0.2, 0.25) is 0 Å². The Balaban J connectivity index is 1.95. The van der Waals surface area contributed by atoms with E-state index in [-0.39, 0.29) is 12.1 Å². The van der Waals surface area contributed by atoms with E-state index in [1.165, 1.54) is 12.6 Å². The number of nitrogens with one attached hydrogen (secondary N) is 1. The minimum absolute atomic E-state index is 0.107. The number of nitriles is 1. The van der Waals surface area contributed by atoms with Crippen molar-refractivity contribution in [2.24, 2.45) is 5.73 Å². The predicted molar refractivity (Wildman–Crippen MR) is 80.3 cm³/mol. The quantitative estimate of drug-likeness (QED) is 0.754. The molecule has 0 amide bonds. The summed E-state index contributed by atoms with van der Waals surface area (Å²) in [6.45, 7) is 0. The van der Waals surface area contributed by atoms with Crippen LogP contribution in [0.1, 0.15) is 31.2 Å². The maximum Gasteiger partial charge on any atom is 0.223 e. The van der Waals surface area contributed by atoms with Crippen LogP contribution in [0.5, 0.6) is 0 Å². The van der Waals surface area contributed by atoms with Gasteiger partial charge in [0.05, 0.1) is 16.5 Å². The van der Waals surface area contributed by atoms with Gasteiger partial charge in [0.15, 0.2) is 0 Å². The molecule has 7 nitrogen and oxygen atoms in total. The zero-order valence-electron chi connectivity index (χ0n) is 11.6. The third-order valence-corrected chi connectivity index (χ3v) is 3.91. The van der Waals surface area contributed by atoms with Crippen molar-refractivity contribution < 1.29 is 0 Å². The summed E-state index contributed by atoms with van der Waals surface area (Å²) in [6.07, 6.45) is 7.36. The number of aromatic nitrogens is 3. The van der Waals surface area contributed by atoms with Crippen LogP contribution in [0.15, 0.2) is 12.4 Å². The number of nitrogen functional groups attached to an aromatic ring is 1. The highest BCUT2D eigenvalue weighted by molar-refractivity contribution is 5.91. The molecule has 0 aliphatic heterocycles. The summed E-state index contributed by atoms with van der Waals surface area (Å²) in [5.74, 6) is 0.803. The standard InChI is InChI=1S/C14H17N7/c15-5-8-6-18-13(17)9-7-19-14(21-12(8)9)20-11-4-2-1-3-10(11)16/h6-7,10-11H,1-4,16H2,(H2,17,18)(H,19,20,21)/t10-,11+/m0/s1. The molecule has 2 aromatic rings. The van der Waals surface area contributed by atoms with Gasteiger partial charge in [-0.05, 0) is 12.8 Å². The maximum atomic E-state index is 9.15. The first-order chi connectivity index (χ1) is 10.2. The molecule has 0 radical (unpaired) electrons. The van der Waals surface area contributed by atoms with Crippen molar-refractivity contribution in [1.29, 1.82) is 5.26 Å². The van der Waals surface area contributed by atoms with Crippen molar-refractivity contribution in [3.05, 3.63) is 18.0 Å². The van der Waals surface area contributed by atoms with Gasteiger partial charge in [-0.25, -0.2) is 15.0 Å². The molecule has 1 saturated carbocycles. The first-order valence-electron chi connectivity index (χ1n) is 7.02. The molecule has 5 N–H and O–H groups in total. The normalized spacial score (nSPS) is 21.9. The van der Waals surface area contributed by atoms with E-state index in [0.717, 1.165) is 19.3 Å². The predicted octanol–water partition coefficient (Wildman–Crippen LogP) is 1.16. The van der Waals surface area contributed by atoms with E-state index in [2.05, 4.69) is 26.3 Å². The van der Waals surface area contributed by atoms with E-state index in [1.54, 1.807) is 6.20 Å². The number of hydrogen-bond donors (Lipinski definition) is 3. The van der Waals surface area contributed by atoms with E-state index in [1.807, 2.05) is 0 Å². The average Bonchev–Trinajstić information content (AvgIpc) is 2.50. The van der Waals surface area contributed by atoms with Gasteiger partial charge in [0.1, 0.15) is 11.9 Å². The highest BCUT2D eigenvalue weighted by atomic mass is 15.1.